The van der Waals surface area contributed by atoms with E-state index in [1.165, 1.54) is 27.8 Å². The van der Waals surface area contributed by atoms with Crippen LogP contribution in [0.3, 0.4) is 0 Å². The summed E-state index contributed by atoms with van der Waals surface area (Å²) in [7, 11) is 0. The van der Waals surface area contributed by atoms with Crippen molar-refractivity contribution in [1.29, 1.82) is 0 Å². The molecule has 1 aliphatic heterocycles. The van der Waals surface area contributed by atoms with Crippen LogP contribution in [0.25, 0.3) is 61.5 Å². The Labute approximate surface area is 268 Å². The largest absolute Gasteiger partial charge is 0.309 e. The summed E-state index contributed by atoms with van der Waals surface area (Å²) in [5.41, 5.74) is 14.5. The van der Waals surface area contributed by atoms with Gasteiger partial charge in [0.1, 0.15) is 0 Å². The molecule has 6 aromatic carbocycles. The first-order chi connectivity index (χ1) is 22.8. The summed E-state index contributed by atoms with van der Waals surface area (Å²) in [6.45, 7) is 0. The zero-order valence-electron chi connectivity index (χ0n) is 25.1. The highest BCUT2D eigenvalue weighted by Crippen LogP contribution is 2.54. The molecule has 0 fully saturated rings. The molecular weight excluding hydrogens is 558 g/mol. The van der Waals surface area contributed by atoms with Gasteiger partial charge in [-0.15, -0.1) is 0 Å². The molecule has 0 saturated heterocycles. The van der Waals surface area contributed by atoms with Crippen molar-refractivity contribution in [2.24, 2.45) is 0 Å². The van der Waals surface area contributed by atoms with E-state index in [0.717, 1.165) is 50.8 Å². The minimum Gasteiger partial charge on any atom is -0.309 e. The van der Waals surface area contributed by atoms with Crippen LogP contribution in [0.4, 0.5) is 17.1 Å². The van der Waals surface area contributed by atoms with E-state index >= 15 is 0 Å². The number of nitrogens with zero attached hydrogens (tertiary/aromatic N) is 3. The first kappa shape index (κ1) is 26.2. The van der Waals surface area contributed by atoms with Crippen LogP contribution in [0.5, 0.6) is 0 Å². The zero-order valence-corrected chi connectivity index (χ0v) is 25.1. The number of para-hydroxylation sites is 4. The van der Waals surface area contributed by atoms with Gasteiger partial charge in [-0.05, 0) is 42.5 Å². The van der Waals surface area contributed by atoms with E-state index < -0.39 is 0 Å². The van der Waals surface area contributed by atoms with Crippen molar-refractivity contribution in [3.05, 3.63) is 176 Å². The summed E-state index contributed by atoms with van der Waals surface area (Å²) in [6.07, 6.45) is 0. The van der Waals surface area contributed by atoms with Gasteiger partial charge in [0.2, 0.25) is 0 Å². The number of rotatable bonds is 4. The molecule has 2 aromatic heterocycles. The molecule has 3 heteroatoms. The van der Waals surface area contributed by atoms with E-state index in [4.69, 9.17) is 4.98 Å². The molecule has 46 heavy (non-hydrogen) atoms. The molecular formula is C43H29N3. The Morgan fingerprint density at radius 1 is 0.413 bits per heavy atom. The van der Waals surface area contributed by atoms with E-state index in [-0.39, 0.29) is 0 Å². The third-order valence-corrected chi connectivity index (χ3v) is 8.91. The molecule has 0 bridgehead atoms. The van der Waals surface area contributed by atoms with Gasteiger partial charge in [-0.1, -0.05) is 133 Å². The number of pyridine rings is 1. The van der Waals surface area contributed by atoms with E-state index in [1.54, 1.807) is 0 Å². The average Bonchev–Trinajstić information content (AvgIpc) is 3.42. The second-order valence-electron chi connectivity index (χ2n) is 11.6. The maximum absolute atomic E-state index is 5.20. The van der Waals surface area contributed by atoms with E-state index in [2.05, 4.69) is 185 Å². The highest BCUT2D eigenvalue weighted by atomic mass is 15.2. The second-order valence-corrected chi connectivity index (χ2v) is 11.6. The Kier molecular flexibility index (Phi) is 6.14. The van der Waals surface area contributed by atoms with Crippen LogP contribution in [0.2, 0.25) is 0 Å². The van der Waals surface area contributed by atoms with E-state index in [0.29, 0.717) is 0 Å². The lowest BCUT2D eigenvalue weighted by Gasteiger charge is -2.27. The number of hydrogen-bond acceptors (Lipinski definition) is 2. The lowest BCUT2D eigenvalue weighted by atomic mass is 9.98. The van der Waals surface area contributed by atoms with Gasteiger partial charge < -0.3 is 9.47 Å². The van der Waals surface area contributed by atoms with Gasteiger partial charge in [-0.2, -0.15) is 0 Å². The molecule has 3 nitrogen and oxygen atoms in total. The summed E-state index contributed by atoms with van der Waals surface area (Å²) in [5.74, 6) is 0. The van der Waals surface area contributed by atoms with Gasteiger partial charge in [-0.3, -0.25) is 0 Å². The van der Waals surface area contributed by atoms with Crippen LogP contribution < -0.4 is 4.90 Å². The van der Waals surface area contributed by atoms with E-state index in [9.17, 15) is 0 Å². The maximum Gasteiger partial charge on any atom is 0.0730 e. The molecule has 216 valence electrons. The fraction of sp³-hybridized carbons (Fsp3) is 0. The first-order valence-corrected chi connectivity index (χ1v) is 15.7. The Bertz CT molecular complexity index is 2300. The third-order valence-electron chi connectivity index (χ3n) is 8.91. The molecule has 0 amide bonds. The molecule has 9 rings (SSSR count). The average molecular weight is 588 g/mol. The second kappa shape index (κ2) is 10.8. The topological polar surface area (TPSA) is 21.1 Å². The monoisotopic (exact) mass is 587 g/mol. The van der Waals surface area contributed by atoms with Gasteiger partial charge >= 0.3 is 0 Å². The predicted molar refractivity (Wildman–Crippen MR) is 191 cm³/mol. The van der Waals surface area contributed by atoms with Crippen molar-refractivity contribution in [2.75, 3.05) is 4.90 Å². The summed E-state index contributed by atoms with van der Waals surface area (Å²) in [5, 5.41) is 1.22. The quantitative estimate of drug-likeness (QED) is 0.204. The van der Waals surface area contributed by atoms with Crippen LogP contribution in [0.15, 0.2) is 176 Å². The number of benzene rings is 6. The van der Waals surface area contributed by atoms with Crippen molar-refractivity contribution in [3.8, 4) is 50.6 Å². The predicted octanol–water partition coefficient (Wildman–Crippen LogP) is 11.5. The van der Waals surface area contributed by atoms with Gasteiger partial charge in [0, 0.05) is 38.9 Å². The highest BCUT2D eigenvalue weighted by Gasteiger charge is 2.31. The van der Waals surface area contributed by atoms with Crippen LogP contribution in [-0.2, 0) is 0 Å². The molecule has 0 aliphatic carbocycles. The Morgan fingerprint density at radius 2 is 0.913 bits per heavy atom. The molecule has 0 radical (unpaired) electrons. The smallest absolute Gasteiger partial charge is 0.0730 e. The molecule has 0 unspecified atom stereocenters. The lowest BCUT2D eigenvalue weighted by molar-refractivity contribution is 1.12. The molecule has 8 aromatic rings. The standard InChI is InChI=1S/C43H29N3/c1-4-16-30(17-5-1)37-28-33(29-38(44-37)31-18-6-2-7-19-31)46-40-26-14-11-23-35(40)42-34-22-10-13-25-39(34)45(32-20-8-3-9-21-32)41-27-15-12-24-36(41)43(42)46/h1-29H. The van der Waals surface area contributed by atoms with Gasteiger partial charge in [0.15, 0.2) is 0 Å². The first-order valence-electron chi connectivity index (χ1n) is 15.7. The van der Waals surface area contributed by atoms with Crippen LogP contribution >= 0.6 is 0 Å². The highest BCUT2D eigenvalue weighted by molar-refractivity contribution is 6.13. The number of hydrogen-bond donors (Lipinski definition) is 0. The normalized spacial score (nSPS) is 11.9. The van der Waals surface area contributed by atoms with Gasteiger partial charge in [-0.25, -0.2) is 4.98 Å². The summed E-state index contributed by atoms with van der Waals surface area (Å²) in [6, 6.07) is 62.5. The molecule has 0 N–H and O–H groups in total. The van der Waals surface area contributed by atoms with Crippen LogP contribution in [-0.4, -0.2) is 9.55 Å². The SMILES string of the molecule is c1ccc(-c2cc(-n3c4c(c5ccccc53)-c3ccccc3N(c3ccccc3)c3ccccc3-4)cc(-c3ccccc3)n2)cc1. The molecule has 0 atom stereocenters. The van der Waals surface area contributed by atoms with E-state index in [1.807, 2.05) is 0 Å². The van der Waals surface area contributed by atoms with Gasteiger partial charge in [0.25, 0.3) is 0 Å². The molecule has 0 spiro atoms. The third kappa shape index (κ3) is 4.17. The van der Waals surface area contributed by atoms with Crippen LogP contribution in [0, 0.1) is 0 Å². The minimum absolute atomic E-state index is 0.941. The van der Waals surface area contributed by atoms with Crippen molar-refractivity contribution in [3.63, 3.8) is 0 Å². The number of anilines is 3. The fourth-order valence-corrected chi connectivity index (χ4v) is 6.93. The van der Waals surface area contributed by atoms with Crippen LogP contribution in [0.1, 0.15) is 0 Å². The van der Waals surface area contributed by atoms with Crippen molar-refractivity contribution in [2.45, 2.75) is 0 Å². The Hall–Kier alpha value is -6.19. The lowest BCUT2D eigenvalue weighted by Crippen LogP contribution is -2.11. The summed E-state index contributed by atoms with van der Waals surface area (Å²) >= 11 is 0. The Balaban J connectivity index is 1.42. The van der Waals surface area contributed by atoms with Crippen molar-refractivity contribution in [1.82, 2.24) is 9.55 Å². The van der Waals surface area contributed by atoms with Crippen molar-refractivity contribution >= 4 is 28.0 Å². The molecule has 1 aliphatic rings. The summed E-state index contributed by atoms with van der Waals surface area (Å²) in [4.78, 5) is 7.61. The fourth-order valence-electron chi connectivity index (χ4n) is 6.93. The zero-order chi connectivity index (χ0) is 30.5. The Morgan fingerprint density at radius 3 is 1.57 bits per heavy atom. The maximum atomic E-state index is 5.20. The molecule has 3 heterocycles. The van der Waals surface area contributed by atoms with Crippen molar-refractivity contribution < 1.29 is 0 Å². The summed E-state index contributed by atoms with van der Waals surface area (Å²) < 4.78 is 2.45. The number of fused-ring (bicyclic) bond motifs is 7. The number of aromatic nitrogens is 2. The minimum atomic E-state index is 0.941. The molecule has 0 saturated carbocycles. The van der Waals surface area contributed by atoms with Gasteiger partial charge in [0.05, 0.1) is 39.7 Å².